The number of hydrogen-bond acceptors (Lipinski definition) is 7. The van der Waals surface area contributed by atoms with Gasteiger partial charge in [0.2, 0.25) is 0 Å². The third-order valence-corrected chi connectivity index (χ3v) is 7.18. The third-order valence-electron chi connectivity index (χ3n) is 7.18. The van der Waals surface area contributed by atoms with Crippen LogP contribution in [0.25, 0.3) is 11.1 Å². The normalized spacial score (nSPS) is 30.0. The first-order chi connectivity index (χ1) is 16.1. The maximum atomic E-state index is 15.3. The second-order valence-electron chi connectivity index (χ2n) is 8.72. The monoisotopic (exact) mass is 447 g/mol. The minimum Gasteiger partial charge on any atom is -0.414 e. The molecule has 3 aliphatic rings. The summed E-state index contributed by atoms with van der Waals surface area (Å²) in [5.41, 5.74) is 1.57. The maximum absolute atomic E-state index is 15.3. The van der Waals surface area contributed by atoms with Crippen LogP contribution in [-0.2, 0) is 21.6 Å². The summed E-state index contributed by atoms with van der Waals surface area (Å²) in [6.07, 6.45) is 4.32. The van der Waals surface area contributed by atoms with E-state index in [1.807, 2.05) is 0 Å². The van der Waals surface area contributed by atoms with E-state index in [0.29, 0.717) is 42.3 Å². The molecule has 0 N–H and O–H groups in total. The van der Waals surface area contributed by atoms with Crippen LogP contribution in [0.2, 0.25) is 0 Å². The number of nitrogens with zero attached hydrogens (tertiary/aromatic N) is 6. The highest BCUT2D eigenvalue weighted by Gasteiger charge is 2.70. The van der Waals surface area contributed by atoms with Crippen molar-refractivity contribution in [3.63, 3.8) is 0 Å². The minimum absolute atomic E-state index is 0.163. The molecule has 2 unspecified atom stereocenters. The lowest BCUT2D eigenvalue weighted by Crippen LogP contribution is -2.51. The van der Waals surface area contributed by atoms with Crippen LogP contribution in [0.1, 0.15) is 5.69 Å². The molecule has 0 radical (unpaired) electrons. The Morgan fingerprint density at radius 1 is 1.27 bits per heavy atom. The molecule has 33 heavy (non-hydrogen) atoms. The molecule has 1 aromatic carbocycles. The molecule has 2 aromatic heterocycles. The van der Waals surface area contributed by atoms with Crippen molar-refractivity contribution in [3.05, 3.63) is 60.4 Å². The number of fused-ring (bicyclic) bond motifs is 1. The van der Waals surface area contributed by atoms with Gasteiger partial charge in [0.15, 0.2) is 6.67 Å². The second kappa shape index (κ2) is 7.16. The van der Waals surface area contributed by atoms with E-state index in [1.54, 1.807) is 36.7 Å². The second-order valence-corrected chi connectivity index (χ2v) is 8.72. The van der Waals surface area contributed by atoms with Gasteiger partial charge in [-0.15, -0.1) is 5.10 Å². The number of carbonyl (C=O) groups excluding carboxylic acids is 1. The Kier molecular flexibility index (Phi) is 4.33. The van der Waals surface area contributed by atoms with E-state index in [-0.39, 0.29) is 29.6 Å². The SMILES string of the molecule is N#CC1(c2ccc(-c3ccc([N@@+]4(Cn5ccnn5)CCOC4=O)cc3F)cn2)C2COCC21. The average molecular weight is 447 g/mol. The molecular weight excluding hydrogens is 427 g/mol. The van der Waals surface area contributed by atoms with Crippen LogP contribution >= 0.6 is 0 Å². The molecular formula is C23H20FN6O3+. The smallest absolute Gasteiger partial charge is 0.414 e. The predicted octanol–water partition coefficient (Wildman–Crippen LogP) is 2.63. The van der Waals surface area contributed by atoms with Gasteiger partial charge in [0.1, 0.15) is 30.1 Å². The molecule has 2 aliphatic heterocycles. The molecule has 3 aromatic rings. The highest BCUT2D eigenvalue weighted by molar-refractivity contribution is 5.84. The molecule has 2 saturated heterocycles. The van der Waals surface area contributed by atoms with Gasteiger partial charge in [-0.05, 0) is 12.1 Å². The van der Waals surface area contributed by atoms with E-state index in [2.05, 4.69) is 21.4 Å². The Labute approximate surface area is 188 Å². The first kappa shape index (κ1) is 20.0. The average Bonchev–Trinajstić information content (AvgIpc) is 3.36. The number of quaternary nitrogens is 1. The number of rotatable bonds is 5. The summed E-state index contributed by atoms with van der Waals surface area (Å²) < 4.78 is 27.3. The number of cyclic esters (lactones) is 1. The molecule has 166 valence electrons. The van der Waals surface area contributed by atoms with Crippen molar-refractivity contribution in [1.29, 1.82) is 5.26 Å². The van der Waals surface area contributed by atoms with Gasteiger partial charge in [0, 0.05) is 41.3 Å². The van der Waals surface area contributed by atoms with E-state index >= 15 is 4.39 Å². The molecule has 3 atom stereocenters. The number of halogens is 1. The van der Waals surface area contributed by atoms with Crippen molar-refractivity contribution in [2.24, 2.45) is 11.8 Å². The minimum atomic E-state index is -0.590. The van der Waals surface area contributed by atoms with Gasteiger partial charge in [-0.2, -0.15) is 14.5 Å². The first-order valence-electron chi connectivity index (χ1n) is 10.7. The quantitative estimate of drug-likeness (QED) is 0.554. The number of aromatic nitrogens is 4. The molecule has 1 aliphatic carbocycles. The van der Waals surface area contributed by atoms with Crippen molar-refractivity contribution in [1.82, 2.24) is 24.5 Å². The van der Waals surface area contributed by atoms with Gasteiger partial charge in [-0.25, -0.2) is 9.07 Å². The van der Waals surface area contributed by atoms with E-state index in [1.165, 1.54) is 16.9 Å². The molecule has 3 fully saturated rings. The van der Waals surface area contributed by atoms with Crippen LogP contribution in [0.15, 0.2) is 48.9 Å². The van der Waals surface area contributed by atoms with Crippen molar-refractivity contribution < 1.29 is 18.7 Å². The van der Waals surface area contributed by atoms with Gasteiger partial charge in [0.25, 0.3) is 0 Å². The number of nitriles is 1. The third kappa shape index (κ3) is 2.83. The standard InChI is InChI=1S/C23H20FN6O3/c24-20-9-16(30(7-8-33-22(30)31)14-29-6-5-27-28-29)2-3-17(20)15-1-4-21(26-10-15)23(13-25)18-11-32-12-19(18)23/h1-6,9-10,18-19H,7-8,11-12,14H2/q+1/t18?,19?,23?,30-/m0/s1. The molecule has 6 rings (SSSR count). The number of ether oxygens (including phenoxy) is 2. The van der Waals surface area contributed by atoms with Crippen LogP contribution in [0.4, 0.5) is 14.9 Å². The van der Waals surface area contributed by atoms with E-state index in [4.69, 9.17) is 9.47 Å². The number of pyridine rings is 1. The maximum Gasteiger partial charge on any atom is 0.523 e. The molecule has 4 heterocycles. The molecule has 0 bridgehead atoms. The van der Waals surface area contributed by atoms with Crippen LogP contribution in [-0.4, -0.2) is 52.4 Å². The number of carbonyl (C=O) groups is 1. The van der Waals surface area contributed by atoms with Gasteiger partial charge in [-0.1, -0.05) is 11.3 Å². The topological polar surface area (TPSA) is 103 Å². The van der Waals surface area contributed by atoms with Crippen molar-refractivity contribution in [2.75, 3.05) is 26.4 Å². The van der Waals surface area contributed by atoms with Crippen LogP contribution in [0.5, 0.6) is 0 Å². The number of amides is 1. The van der Waals surface area contributed by atoms with Gasteiger partial charge >= 0.3 is 6.09 Å². The molecule has 1 saturated carbocycles. The summed E-state index contributed by atoms with van der Waals surface area (Å²) in [5.74, 6) is -0.103. The predicted molar refractivity (Wildman–Crippen MR) is 113 cm³/mol. The summed E-state index contributed by atoms with van der Waals surface area (Å²) in [5, 5.41) is 17.5. The zero-order chi connectivity index (χ0) is 22.6. The largest absolute Gasteiger partial charge is 0.523 e. The lowest BCUT2D eigenvalue weighted by molar-refractivity contribution is 0.150. The molecule has 1 amide bonds. The fraction of sp³-hybridized carbons (Fsp3) is 0.348. The van der Waals surface area contributed by atoms with Crippen LogP contribution in [0, 0.1) is 29.0 Å². The summed E-state index contributed by atoms with van der Waals surface area (Å²) >= 11 is 0. The number of benzene rings is 1. The van der Waals surface area contributed by atoms with Crippen LogP contribution < -0.4 is 4.48 Å². The van der Waals surface area contributed by atoms with Gasteiger partial charge in [-0.3, -0.25) is 4.98 Å². The zero-order valence-corrected chi connectivity index (χ0v) is 17.6. The Balaban J connectivity index is 1.31. The fourth-order valence-corrected chi connectivity index (χ4v) is 5.26. The summed E-state index contributed by atoms with van der Waals surface area (Å²) in [6.45, 7) is 1.94. The van der Waals surface area contributed by atoms with Crippen molar-refractivity contribution >= 4 is 11.8 Å². The summed E-state index contributed by atoms with van der Waals surface area (Å²) in [6, 6.07) is 10.8. The molecule has 0 spiro atoms. The first-order valence-corrected chi connectivity index (χ1v) is 10.7. The lowest BCUT2D eigenvalue weighted by Gasteiger charge is -2.27. The fourth-order valence-electron chi connectivity index (χ4n) is 5.26. The highest BCUT2D eigenvalue weighted by Crippen LogP contribution is 2.62. The Morgan fingerprint density at radius 2 is 2.12 bits per heavy atom. The van der Waals surface area contributed by atoms with E-state index in [9.17, 15) is 10.1 Å². The van der Waals surface area contributed by atoms with Gasteiger partial charge < -0.3 is 9.47 Å². The molecule has 9 nitrogen and oxygen atoms in total. The van der Waals surface area contributed by atoms with Crippen molar-refractivity contribution in [2.45, 2.75) is 12.1 Å². The summed E-state index contributed by atoms with van der Waals surface area (Å²) in [7, 11) is 0. The Hall–Kier alpha value is -3.68. The number of hydrogen-bond donors (Lipinski definition) is 0. The van der Waals surface area contributed by atoms with Gasteiger partial charge in [0.05, 0.1) is 37.4 Å². The van der Waals surface area contributed by atoms with Crippen molar-refractivity contribution in [3.8, 4) is 17.2 Å². The zero-order valence-electron chi connectivity index (χ0n) is 17.6. The molecule has 10 heteroatoms. The van der Waals surface area contributed by atoms with E-state index in [0.717, 1.165) is 0 Å². The summed E-state index contributed by atoms with van der Waals surface area (Å²) in [4.78, 5) is 17.2. The van der Waals surface area contributed by atoms with Crippen LogP contribution in [0.3, 0.4) is 0 Å². The van der Waals surface area contributed by atoms with E-state index < -0.39 is 17.3 Å². The highest BCUT2D eigenvalue weighted by atomic mass is 19.1. The Morgan fingerprint density at radius 3 is 2.73 bits per heavy atom. The lowest BCUT2D eigenvalue weighted by atomic mass is 9.96. The Bertz CT molecular complexity index is 1260.